The number of carboxylic acid groups (broad SMARTS) is 1. The smallest absolute Gasteiger partial charge is 0.328 e. The van der Waals surface area contributed by atoms with Gasteiger partial charge in [0.2, 0.25) is 5.91 Å². The molecular weight excluding hydrogens is 298 g/mol. The van der Waals surface area contributed by atoms with Gasteiger partial charge in [0.05, 0.1) is 24.7 Å². The Morgan fingerprint density at radius 1 is 1.43 bits per heavy atom. The molecule has 1 rings (SSSR count). The minimum absolute atomic E-state index is 0.0244. The summed E-state index contributed by atoms with van der Waals surface area (Å²) in [6.07, 6.45) is -0.0244. The average molecular weight is 316 g/mol. The van der Waals surface area contributed by atoms with E-state index < -0.39 is 17.9 Å². The van der Waals surface area contributed by atoms with Crippen molar-refractivity contribution in [2.24, 2.45) is 0 Å². The maximum absolute atomic E-state index is 11.9. The number of ether oxygens (including phenoxy) is 2. The third-order valence-corrected chi connectivity index (χ3v) is 2.95. The first-order valence-corrected chi connectivity index (χ1v) is 6.78. The first-order valence-electron chi connectivity index (χ1n) is 6.40. The number of carbonyl (C=O) groups excluding carboxylic acids is 1. The molecule has 0 aliphatic heterocycles. The highest BCUT2D eigenvalue weighted by molar-refractivity contribution is 6.32. The van der Waals surface area contributed by atoms with Crippen LogP contribution in [0, 0.1) is 0 Å². The summed E-state index contributed by atoms with van der Waals surface area (Å²) in [5.41, 5.74) is 0.600. The summed E-state index contributed by atoms with van der Waals surface area (Å²) in [4.78, 5) is 22.9. The van der Waals surface area contributed by atoms with Gasteiger partial charge in [-0.2, -0.15) is 0 Å². The molecule has 1 aromatic carbocycles. The number of carbonyl (C=O) groups is 2. The summed E-state index contributed by atoms with van der Waals surface area (Å²) in [5.74, 6) is -1.15. The van der Waals surface area contributed by atoms with Crippen LogP contribution in [0.4, 0.5) is 0 Å². The molecule has 2 N–H and O–H groups in total. The Balaban J connectivity index is 2.78. The lowest BCUT2D eigenvalue weighted by molar-refractivity contribution is -0.143. The normalized spacial score (nSPS) is 11.8. The van der Waals surface area contributed by atoms with Crippen LogP contribution < -0.4 is 10.1 Å². The molecule has 7 heteroatoms. The number of methoxy groups -OCH3 is 1. The van der Waals surface area contributed by atoms with Gasteiger partial charge in [-0.1, -0.05) is 23.7 Å². The number of benzene rings is 1. The van der Waals surface area contributed by atoms with Crippen LogP contribution in [0.3, 0.4) is 0 Å². The van der Waals surface area contributed by atoms with Crippen molar-refractivity contribution in [1.82, 2.24) is 5.32 Å². The molecule has 1 aromatic rings. The summed E-state index contributed by atoms with van der Waals surface area (Å²) in [6, 6.07) is 4.00. The first-order chi connectivity index (χ1) is 9.99. The van der Waals surface area contributed by atoms with Gasteiger partial charge in [-0.05, 0) is 13.0 Å². The molecular formula is C14H18ClNO5. The number of para-hydroxylation sites is 1. The van der Waals surface area contributed by atoms with Crippen molar-refractivity contribution in [2.45, 2.75) is 19.4 Å². The number of hydrogen-bond donors (Lipinski definition) is 2. The summed E-state index contributed by atoms with van der Waals surface area (Å²) >= 11 is 6.03. The van der Waals surface area contributed by atoms with Crippen molar-refractivity contribution < 1.29 is 24.2 Å². The van der Waals surface area contributed by atoms with E-state index in [1.54, 1.807) is 18.2 Å². The van der Waals surface area contributed by atoms with Crippen molar-refractivity contribution in [3.05, 3.63) is 28.8 Å². The van der Waals surface area contributed by atoms with Crippen LogP contribution in [-0.4, -0.2) is 43.3 Å². The van der Waals surface area contributed by atoms with Gasteiger partial charge in [0.25, 0.3) is 0 Å². The molecule has 0 radical (unpaired) electrons. The summed E-state index contributed by atoms with van der Waals surface area (Å²) in [5, 5.41) is 11.8. The molecule has 0 spiro atoms. The van der Waals surface area contributed by atoms with Gasteiger partial charge in [0, 0.05) is 12.7 Å². The van der Waals surface area contributed by atoms with E-state index in [1.807, 2.05) is 6.92 Å². The van der Waals surface area contributed by atoms with E-state index in [0.717, 1.165) is 0 Å². The largest absolute Gasteiger partial charge is 0.492 e. The summed E-state index contributed by atoms with van der Waals surface area (Å²) in [6.45, 7) is 2.13. The fraction of sp³-hybridized carbons (Fsp3) is 0.429. The van der Waals surface area contributed by atoms with E-state index in [9.17, 15) is 9.59 Å². The molecule has 0 heterocycles. The zero-order valence-corrected chi connectivity index (χ0v) is 12.6. The number of halogens is 1. The van der Waals surface area contributed by atoms with E-state index >= 15 is 0 Å². The zero-order valence-electron chi connectivity index (χ0n) is 11.9. The predicted octanol–water partition coefficient (Wildman–Crippen LogP) is 1.50. The fourth-order valence-electron chi connectivity index (χ4n) is 1.76. The van der Waals surface area contributed by atoms with Gasteiger partial charge >= 0.3 is 5.97 Å². The second-order valence-electron chi connectivity index (χ2n) is 4.25. The van der Waals surface area contributed by atoms with E-state index in [0.29, 0.717) is 22.9 Å². The van der Waals surface area contributed by atoms with Gasteiger partial charge in [-0.3, -0.25) is 4.79 Å². The van der Waals surface area contributed by atoms with Crippen molar-refractivity contribution in [3.63, 3.8) is 0 Å². The molecule has 0 saturated carbocycles. The zero-order chi connectivity index (χ0) is 15.8. The maximum Gasteiger partial charge on any atom is 0.328 e. The molecule has 0 aliphatic carbocycles. The molecule has 21 heavy (non-hydrogen) atoms. The number of nitrogens with one attached hydrogen (secondary N) is 1. The van der Waals surface area contributed by atoms with E-state index in [2.05, 4.69) is 5.32 Å². The van der Waals surface area contributed by atoms with Crippen LogP contribution in [-0.2, 0) is 20.7 Å². The molecule has 1 amide bonds. The van der Waals surface area contributed by atoms with Crippen LogP contribution in [0.25, 0.3) is 0 Å². The Morgan fingerprint density at radius 3 is 2.71 bits per heavy atom. The van der Waals surface area contributed by atoms with Gasteiger partial charge < -0.3 is 19.9 Å². The standard InChI is InChI=1S/C14H18ClNO5/c1-3-21-13-9(5-4-6-10(13)15)7-12(17)16-11(8-20-2)14(18)19/h4-6,11H,3,7-8H2,1-2H3,(H,16,17)(H,18,19). The van der Waals surface area contributed by atoms with Crippen LogP contribution in [0.1, 0.15) is 12.5 Å². The Morgan fingerprint density at radius 2 is 2.14 bits per heavy atom. The van der Waals surface area contributed by atoms with Gasteiger partial charge in [0.1, 0.15) is 5.75 Å². The Bertz CT molecular complexity index is 506. The molecule has 6 nitrogen and oxygen atoms in total. The number of rotatable bonds is 8. The SMILES string of the molecule is CCOc1c(Cl)cccc1CC(=O)NC(COC)C(=O)O. The molecule has 0 aliphatic rings. The van der Waals surface area contributed by atoms with Crippen molar-refractivity contribution in [2.75, 3.05) is 20.3 Å². The lowest BCUT2D eigenvalue weighted by Crippen LogP contribution is -2.44. The third kappa shape index (κ3) is 5.24. The van der Waals surface area contributed by atoms with E-state index in [4.69, 9.17) is 26.2 Å². The minimum Gasteiger partial charge on any atom is -0.492 e. The third-order valence-electron chi connectivity index (χ3n) is 2.65. The first kappa shape index (κ1) is 17.3. The number of amides is 1. The van der Waals surface area contributed by atoms with Gasteiger partial charge in [-0.25, -0.2) is 4.79 Å². The topological polar surface area (TPSA) is 84.9 Å². The van der Waals surface area contributed by atoms with Crippen LogP contribution >= 0.6 is 11.6 Å². The Kier molecular flexibility index (Phi) is 6.98. The quantitative estimate of drug-likeness (QED) is 0.759. The predicted molar refractivity (Wildman–Crippen MR) is 77.8 cm³/mol. The lowest BCUT2D eigenvalue weighted by atomic mass is 10.1. The molecule has 0 saturated heterocycles. The number of hydrogen-bond acceptors (Lipinski definition) is 4. The highest BCUT2D eigenvalue weighted by Gasteiger charge is 2.20. The number of carboxylic acids is 1. The van der Waals surface area contributed by atoms with E-state index in [-0.39, 0.29) is 13.0 Å². The monoisotopic (exact) mass is 315 g/mol. The highest BCUT2D eigenvalue weighted by atomic mass is 35.5. The lowest BCUT2D eigenvalue weighted by Gasteiger charge is -2.15. The van der Waals surface area contributed by atoms with Crippen molar-refractivity contribution >= 4 is 23.5 Å². The van der Waals surface area contributed by atoms with Crippen molar-refractivity contribution in [1.29, 1.82) is 0 Å². The molecule has 0 bridgehead atoms. The van der Waals surface area contributed by atoms with Crippen LogP contribution in [0.15, 0.2) is 18.2 Å². The molecule has 1 unspecified atom stereocenters. The minimum atomic E-state index is -1.15. The molecule has 1 atom stereocenters. The van der Waals surface area contributed by atoms with E-state index in [1.165, 1.54) is 7.11 Å². The average Bonchev–Trinajstić information content (AvgIpc) is 2.42. The van der Waals surface area contributed by atoms with Crippen LogP contribution in [0.5, 0.6) is 5.75 Å². The van der Waals surface area contributed by atoms with Gasteiger partial charge in [-0.15, -0.1) is 0 Å². The maximum atomic E-state index is 11.9. The molecule has 116 valence electrons. The Hall–Kier alpha value is -1.79. The second kappa shape index (κ2) is 8.49. The number of aliphatic carboxylic acids is 1. The van der Waals surface area contributed by atoms with Crippen molar-refractivity contribution in [3.8, 4) is 5.75 Å². The fourth-order valence-corrected chi connectivity index (χ4v) is 2.01. The molecule has 0 fully saturated rings. The highest BCUT2D eigenvalue weighted by Crippen LogP contribution is 2.29. The van der Waals surface area contributed by atoms with Crippen LogP contribution in [0.2, 0.25) is 5.02 Å². The Labute approximate surface area is 128 Å². The second-order valence-corrected chi connectivity index (χ2v) is 4.66. The molecule has 0 aromatic heterocycles. The van der Waals surface area contributed by atoms with Gasteiger partial charge in [0.15, 0.2) is 6.04 Å². The summed E-state index contributed by atoms with van der Waals surface area (Å²) < 4.78 is 10.2. The summed E-state index contributed by atoms with van der Waals surface area (Å²) in [7, 11) is 1.37.